The molecule has 1 unspecified atom stereocenters. The second kappa shape index (κ2) is 6.41. The van der Waals surface area contributed by atoms with Crippen LogP contribution in [0.3, 0.4) is 0 Å². The lowest BCUT2D eigenvalue weighted by molar-refractivity contribution is -0.119. The lowest BCUT2D eigenvalue weighted by Gasteiger charge is -2.07. The number of carbonyl (C=O) groups is 1. The first-order valence-electron chi connectivity index (χ1n) is 6.85. The predicted octanol–water partition coefficient (Wildman–Crippen LogP) is 2.93. The maximum atomic E-state index is 13.4. The molecule has 0 radical (unpaired) electrons. The molecule has 3 rings (SSSR count). The Morgan fingerprint density at radius 1 is 1.55 bits per heavy atom. The average Bonchev–Trinajstić information content (AvgIpc) is 3.18. The van der Waals surface area contributed by atoms with E-state index in [2.05, 4.69) is 10.3 Å². The molecule has 1 atom stereocenters. The Bertz CT molecular complexity index is 683. The number of aromatic nitrogens is 1. The average molecular weight is 322 g/mol. The number of ether oxygens (including phenoxy) is 2. The zero-order valence-corrected chi connectivity index (χ0v) is 12.8. The maximum Gasteiger partial charge on any atom is 0.231 e. The van der Waals surface area contributed by atoms with E-state index in [1.54, 1.807) is 11.4 Å². The highest BCUT2D eigenvalue weighted by atomic mass is 32.1. The summed E-state index contributed by atoms with van der Waals surface area (Å²) in [6, 6.07) is 4.25. The van der Waals surface area contributed by atoms with Crippen LogP contribution in [0.15, 0.2) is 23.6 Å². The summed E-state index contributed by atoms with van der Waals surface area (Å²) in [6.07, 6.45) is 0.724. The number of anilines is 1. The number of methoxy groups -OCH3 is 1. The predicted molar refractivity (Wildman–Crippen MR) is 81.6 cm³/mol. The van der Waals surface area contributed by atoms with Crippen LogP contribution in [-0.2, 0) is 9.53 Å². The largest absolute Gasteiger partial charge is 0.496 e. The topological polar surface area (TPSA) is 60.5 Å². The van der Waals surface area contributed by atoms with Crippen molar-refractivity contribution < 1.29 is 18.7 Å². The molecule has 1 aliphatic rings. The van der Waals surface area contributed by atoms with Crippen molar-refractivity contribution in [2.45, 2.75) is 6.42 Å². The van der Waals surface area contributed by atoms with E-state index < -0.39 is 0 Å². The summed E-state index contributed by atoms with van der Waals surface area (Å²) in [5.74, 6) is -0.0491. The zero-order valence-electron chi connectivity index (χ0n) is 12.0. The minimum Gasteiger partial charge on any atom is -0.496 e. The number of hydrogen-bond donors (Lipinski definition) is 1. The molecule has 0 bridgehead atoms. The van der Waals surface area contributed by atoms with Crippen LogP contribution in [0, 0.1) is 11.7 Å². The minimum absolute atomic E-state index is 0.0930. The van der Waals surface area contributed by atoms with Gasteiger partial charge in [0.25, 0.3) is 0 Å². The molecule has 0 aliphatic carbocycles. The van der Waals surface area contributed by atoms with Gasteiger partial charge in [-0.1, -0.05) is 0 Å². The first-order chi connectivity index (χ1) is 10.7. The van der Waals surface area contributed by atoms with Gasteiger partial charge in [0.05, 0.1) is 25.3 Å². The number of carbonyl (C=O) groups excluding carboxylic acids is 1. The van der Waals surface area contributed by atoms with Crippen LogP contribution < -0.4 is 10.1 Å². The number of thiazole rings is 1. The van der Waals surface area contributed by atoms with Crippen molar-refractivity contribution in [3.8, 4) is 17.0 Å². The molecule has 7 heteroatoms. The highest BCUT2D eigenvalue weighted by molar-refractivity contribution is 7.14. The fourth-order valence-electron chi connectivity index (χ4n) is 2.28. The first-order valence-corrected chi connectivity index (χ1v) is 7.73. The van der Waals surface area contributed by atoms with Crippen molar-refractivity contribution in [2.24, 2.45) is 5.92 Å². The van der Waals surface area contributed by atoms with E-state index in [0.29, 0.717) is 35.4 Å². The minimum atomic E-state index is -0.363. The molecular weight excluding hydrogens is 307 g/mol. The third-order valence-electron chi connectivity index (χ3n) is 3.47. The van der Waals surface area contributed by atoms with Crippen LogP contribution in [-0.4, -0.2) is 31.2 Å². The number of halogens is 1. The fourth-order valence-corrected chi connectivity index (χ4v) is 3.00. The van der Waals surface area contributed by atoms with Crippen molar-refractivity contribution in [1.29, 1.82) is 0 Å². The highest BCUT2D eigenvalue weighted by Crippen LogP contribution is 2.33. The Balaban J connectivity index is 1.79. The van der Waals surface area contributed by atoms with Crippen LogP contribution in [0.1, 0.15) is 6.42 Å². The first kappa shape index (κ1) is 14.9. The molecule has 2 heterocycles. The van der Waals surface area contributed by atoms with Gasteiger partial charge in [0.1, 0.15) is 11.6 Å². The van der Waals surface area contributed by atoms with Crippen LogP contribution in [0.2, 0.25) is 0 Å². The summed E-state index contributed by atoms with van der Waals surface area (Å²) in [4.78, 5) is 16.4. The Kier molecular flexibility index (Phi) is 4.35. The van der Waals surface area contributed by atoms with Crippen LogP contribution in [0.25, 0.3) is 11.3 Å². The number of nitrogens with one attached hydrogen (secondary N) is 1. The molecule has 1 N–H and O–H groups in total. The molecule has 2 aromatic rings. The molecule has 1 fully saturated rings. The molecular formula is C15H15FN2O3S. The van der Waals surface area contributed by atoms with Crippen molar-refractivity contribution in [3.63, 3.8) is 0 Å². The monoisotopic (exact) mass is 322 g/mol. The van der Waals surface area contributed by atoms with Crippen LogP contribution in [0.5, 0.6) is 5.75 Å². The van der Waals surface area contributed by atoms with E-state index in [1.807, 2.05) is 0 Å². The van der Waals surface area contributed by atoms with Gasteiger partial charge in [-0.05, 0) is 24.6 Å². The molecule has 0 spiro atoms. The molecule has 0 saturated carbocycles. The Morgan fingerprint density at radius 2 is 2.41 bits per heavy atom. The quantitative estimate of drug-likeness (QED) is 0.940. The molecule has 1 aromatic heterocycles. The summed E-state index contributed by atoms with van der Waals surface area (Å²) in [6.45, 7) is 1.06. The van der Waals surface area contributed by atoms with Crippen molar-refractivity contribution in [3.05, 3.63) is 29.4 Å². The van der Waals surface area contributed by atoms with Gasteiger partial charge in [0.2, 0.25) is 5.91 Å². The van der Waals surface area contributed by atoms with Crippen LogP contribution >= 0.6 is 11.3 Å². The molecule has 1 aromatic carbocycles. The van der Waals surface area contributed by atoms with E-state index in [4.69, 9.17) is 9.47 Å². The fraction of sp³-hybridized carbons (Fsp3) is 0.333. The maximum absolute atomic E-state index is 13.4. The zero-order chi connectivity index (χ0) is 15.5. The normalized spacial score (nSPS) is 17.5. The van der Waals surface area contributed by atoms with Gasteiger partial charge < -0.3 is 14.8 Å². The number of benzene rings is 1. The summed E-state index contributed by atoms with van der Waals surface area (Å²) >= 11 is 1.29. The van der Waals surface area contributed by atoms with E-state index >= 15 is 0 Å². The third-order valence-corrected chi connectivity index (χ3v) is 4.23. The number of hydrogen-bond acceptors (Lipinski definition) is 5. The second-order valence-electron chi connectivity index (χ2n) is 4.93. The molecule has 1 aliphatic heterocycles. The Morgan fingerprint density at radius 3 is 3.14 bits per heavy atom. The van der Waals surface area contributed by atoms with E-state index in [0.717, 1.165) is 6.42 Å². The van der Waals surface area contributed by atoms with Crippen molar-refractivity contribution in [1.82, 2.24) is 4.98 Å². The molecule has 116 valence electrons. The summed E-state index contributed by atoms with van der Waals surface area (Å²) < 4.78 is 23.8. The van der Waals surface area contributed by atoms with E-state index in [1.165, 1.54) is 30.6 Å². The molecule has 1 saturated heterocycles. The molecule has 5 nitrogen and oxygen atoms in total. The number of rotatable bonds is 4. The van der Waals surface area contributed by atoms with Crippen LogP contribution in [0.4, 0.5) is 9.52 Å². The standard InChI is InChI=1S/C15H15FN2O3S/c1-20-13-3-2-10(16)6-11(13)12-8-22-15(17-12)18-14(19)9-4-5-21-7-9/h2-3,6,8-9H,4-5,7H2,1H3,(H,17,18,19). The summed E-state index contributed by atoms with van der Waals surface area (Å²) in [5.41, 5.74) is 1.13. The highest BCUT2D eigenvalue weighted by Gasteiger charge is 2.24. The van der Waals surface area contributed by atoms with E-state index in [-0.39, 0.29) is 17.6 Å². The molecule has 1 amide bonds. The van der Waals surface area contributed by atoms with Gasteiger partial charge in [0, 0.05) is 17.6 Å². The van der Waals surface area contributed by atoms with E-state index in [9.17, 15) is 9.18 Å². The smallest absolute Gasteiger partial charge is 0.231 e. The number of nitrogens with zero attached hydrogens (tertiary/aromatic N) is 1. The Labute approximate surface area is 131 Å². The lowest BCUT2D eigenvalue weighted by Crippen LogP contribution is -2.22. The van der Waals surface area contributed by atoms with Gasteiger partial charge in [-0.15, -0.1) is 11.3 Å². The lowest BCUT2D eigenvalue weighted by atomic mass is 10.1. The van der Waals surface area contributed by atoms with Gasteiger partial charge >= 0.3 is 0 Å². The van der Waals surface area contributed by atoms with Gasteiger partial charge in [-0.3, -0.25) is 4.79 Å². The van der Waals surface area contributed by atoms with Gasteiger partial charge in [-0.2, -0.15) is 0 Å². The molecule has 22 heavy (non-hydrogen) atoms. The van der Waals surface area contributed by atoms with Crippen molar-refractivity contribution >= 4 is 22.4 Å². The second-order valence-corrected chi connectivity index (χ2v) is 5.79. The summed E-state index contributed by atoms with van der Waals surface area (Å²) in [7, 11) is 1.52. The summed E-state index contributed by atoms with van der Waals surface area (Å²) in [5, 5.41) is 5.03. The van der Waals surface area contributed by atoms with Gasteiger partial charge in [0.15, 0.2) is 5.13 Å². The number of amides is 1. The SMILES string of the molecule is COc1ccc(F)cc1-c1csc(NC(=O)C2CCOC2)n1. The third kappa shape index (κ3) is 3.10. The van der Waals surface area contributed by atoms with Crippen molar-refractivity contribution in [2.75, 3.05) is 25.6 Å². The Hall–Kier alpha value is -1.99. The van der Waals surface area contributed by atoms with Gasteiger partial charge in [-0.25, -0.2) is 9.37 Å².